The fraction of sp³-hybridized carbons (Fsp3) is 0.469. The number of hydrogen-bond acceptors (Lipinski definition) is 7. The average Bonchev–Trinajstić information content (AvgIpc) is 3.33. The van der Waals surface area contributed by atoms with Gasteiger partial charge in [0.2, 0.25) is 0 Å². The van der Waals surface area contributed by atoms with E-state index in [1.54, 1.807) is 0 Å². The third-order valence-electron chi connectivity index (χ3n) is 9.75. The molecule has 0 spiro atoms. The van der Waals surface area contributed by atoms with Gasteiger partial charge >= 0.3 is 5.97 Å². The molecule has 2 saturated heterocycles. The van der Waals surface area contributed by atoms with E-state index in [9.17, 15) is 9.90 Å². The minimum absolute atomic E-state index is 0.175. The van der Waals surface area contributed by atoms with E-state index in [0.29, 0.717) is 47.4 Å². The Bertz CT molecular complexity index is 1710. The van der Waals surface area contributed by atoms with E-state index in [0.717, 1.165) is 89.8 Å². The summed E-state index contributed by atoms with van der Waals surface area (Å²) in [5, 5.41) is 16.5. The second kappa shape index (κ2) is 10.7. The van der Waals surface area contributed by atoms with Gasteiger partial charge in [0.15, 0.2) is 0 Å². The van der Waals surface area contributed by atoms with Crippen LogP contribution in [-0.4, -0.2) is 51.3 Å². The van der Waals surface area contributed by atoms with Gasteiger partial charge in [0, 0.05) is 36.4 Å². The molecule has 4 aliphatic rings. The number of thiazole rings is 1. The van der Waals surface area contributed by atoms with Crippen LogP contribution in [0.1, 0.15) is 78.5 Å². The molecule has 2 atom stereocenters. The average molecular weight is 640 g/mol. The molecule has 224 valence electrons. The van der Waals surface area contributed by atoms with Crippen molar-refractivity contribution >= 4 is 56.4 Å². The van der Waals surface area contributed by atoms with Gasteiger partial charge in [-0.2, -0.15) is 5.10 Å². The maximum atomic E-state index is 12.9. The number of aromatic nitrogens is 3. The van der Waals surface area contributed by atoms with Crippen molar-refractivity contribution in [3.63, 3.8) is 0 Å². The van der Waals surface area contributed by atoms with Gasteiger partial charge in [-0.3, -0.25) is 4.68 Å². The Labute approximate surface area is 263 Å². The van der Waals surface area contributed by atoms with Gasteiger partial charge in [-0.15, -0.1) is 11.3 Å². The lowest BCUT2D eigenvalue weighted by Gasteiger charge is -2.43. The van der Waals surface area contributed by atoms with Crippen molar-refractivity contribution in [3.05, 3.63) is 62.8 Å². The minimum Gasteiger partial charge on any atom is -0.478 e. The number of anilines is 1. The summed E-state index contributed by atoms with van der Waals surface area (Å²) in [5.74, 6) is -0.311. The third kappa shape index (κ3) is 4.66. The topological polar surface area (TPSA) is 89.7 Å². The summed E-state index contributed by atoms with van der Waals surface area (Å²) in [6, 6.07) is 7.70. The molecule has 0 amide bonds. The second-order valence-corrected chi connectivity index (χ2v) is 14.0. The lowest BCUT2D eigenvalue weighted by molar-refractivity contribution is -0.0475. The molecule has 2 bridgehead atoms. The summed E-state index contributed by atoms with van der Waals surface area (Å²) < 4.78 is 15.8. The van der Waals surface area contributed by atoms with Gasteiger partial charge in [0.1, 0.15) is 5.72 Å². The fourth-order valence-electron chi connectivity index (χ4n) is 7.59. The van der Waals surface area contributed by atoms with Crippen LogP contribution in [0.3, 0.4) is 0 Å². The van der Waals surface area contributed by atoms with Crippen molar-refractivity contribution in [2.24, 2.45) is 5.92 Å². The second-order valence-electron chi connectivity index (χ2n) is 12.3. The van der Waals surface area contributed by atoms with Crippen molar-refractivity contribution in [2.75, 3.05) is 24.7 Å². The molecule has 0 unspecified atom stereocenters. The molecule has 11 heteroatoms. The van der Waals surface area contributed by atoms with E-state index in [2.05, 4.69) is 9.58 Å². The number of carbonyl (C=O) groups is 1. The van der Waals surface area contributed by atoms with Crippen molar-refractivity contribution in [1.29, 1.82) is 0 Å². The third-order valence-corrected chi connectivity index (χ3v) is 11.2. The fourth-order valence-corrected chi connectivity index (χ4v) is 8.92. The van der Waals surface area contributed by atoms with E-state index in [4.69, 9.17) is 42.8 Å². The molecule has 4 fully saturated rings. The van der Waals surface area contributed by atoms with E-state index in [-0.39, 0.29) is 5.92 Å². The molecule has 1 N–H and O–H groups in total. The number of carboxylic acid groups (broad SMARTS) is 1. The van der Waals surface area contributed by atoms with E-state index in [1.807, 2.05) is 36.0 Å². The monoisotopic (exact) mass is 638 g/mol. The molecule has 2 saturated carbocycles. The molecule has 2 aliphatic heterocycles. The van der Waals surface area contributed by atoms with Crippen LogP contribution in [0.2, 0.25) is 10.0 Å². The van der Waals surface area contributed by atoms with E-state index in [1.165, 1.54) is 11.3 Å². The first-order valence-corrected chi connectivity index (χ1v) is 16.7. The Morgan fingerprint density at radius 3 is 2.67 bits per heavy atom. The highest BCUT2D eigenvalue weighted by molar-refractivity contribution is 7.16. The molecule has 2 aromatic heterocycles. The zero-order valence-corrected chi connectivity index (χ0v) is 25.9. The number of benzene rings is 2. The SMILES string of the molecule is O=C(O)c1cc2scnc2c(C2CCOCC2)c1N1C[C@H]2CC[C@]1(OCc1c(-c3c(Cl)cccc3Cl)cnn1C1CC1)C2. The predicted molar refractivity (Wildman–Crippen MR) is 168 cm³/mol. The van der Waals surface area contributed by atoms with Crippen LogP contribution in [-0.2, 0) is 16.1 Å². The lowest BCUT2D eigenvalue weighted by atomic mass is 9.86. The maximum Gasteiger partial charge on any atom is 0.337 e. The Morgan fingerprint density at radius 1 is 1.16 bits per heavy atom. The van der Waals surface area contributed by atoms with Crippen LogP contribution in [0.25, 0.3) is 21.3 Å². The number of hydrogen-bond donors (Lipinski definition) is 1. The number of nitrogens with zero attached hydrogens (tertiary/aromatic N) is 4. The van der Waals surface area contributed by atoms with Gasteiger partial charge in [0.05, 0.1) is 61.6 Å². The van der Waals surface area contributed by atoms with Gasteiger partial charge in [0.25, 0.3) is 0 Å². The van der Waals surface area contributed by atoms with Crippen LogP contribution in [0, 0.1) is 5.92 Å². The Morgan fingerprint density at radius 2 is 1.95 bits per heavy atom. The Kier molecular flexibility index (Phi) is 6.95. The molecule has 4 aromatic rings. The van der Waals surface area contributed by atoms with E-state index < -0.39 is 11.7 Å². The highest BCUT2D eigenvalue weighted by atomic mass is 35.5. The quantitative estimate of drug-likeness (QED) is 0.210. The van der Waals surface area contributed by atoms with Crippen molar-refractivity contribution < 1.29 is 19.4 Å². The predicted octanol–water partition coefficient (Wildman–Crippen LogP) is 7.93. The maximum absolute atomic E-state index is 12.9. The van der Waals surface area contributed by atoms with Crippen LogP contribution in [0.5, 0.6) is 0 Å². The van der Waals surface area contributed by atoms with Gasteiger partial charge in [-0.1, -0.05) is 29.3 Å². The van der Waals surface area contributed by atoms with Gasteiger partial charge in [-0.25, -0.2) is 9.78 Å². The molecule has 8 nitrogen and oxygen atoms in total. The standard InChI is InChI=1S/C32H32Cl2N4O4S/c33-23-2-1-3-24(34)28(23)22-14-36-38(20-4-5-20)25(22)16-42-32-9-6-18(13-32)15-37(32)30-21(31(39)40)12-26-29(35-17-43-26)27(30)19-7-10-41-11-8-19/h1-3,12,14,17-20H,4-11,13,15-16H2,(H,39,40)/t18-,32-/m0/s1. The summed E-state index contributed by atoms with van der Waals surface area (Å²) >= 11 is 14.8. The van der Waals surface area contributed by atoms with Crippen molar-refractivity contribution in [1.82, 2.24) is 14.8 Å². The van der Waals surface area contributed by atoms with Crippen LogP contribution >= 0.6 is 34.5 Å². The Hall–Kier alpha value is -2.69. The molecule has 8 rings (SSSR count). The number of halogens is 2. The molecular formula is C32H32Cl2N4O4S. The van der Waals surface area contributed by atoms with Crippen molar-refractivity contribution in [2.45, 2.75) is 69.2 Å². The molecular weight excluding hydrogens is 607 g/mol. The zero-order valence-electron chi connectivity index (χ0n) is 23.6. The molecule has 0 radical (unpaired) electrons. The normalized spacial score (nSPS) is 24.0. The van der Waals surface area contributed by atoms with E-state index >= 15 is 0 Å². The van der Waals surface area contributed by atoms with Crippen LogP contribution in [0.15, 0.2) is 36.0 Å². The molecule has 4 heterocycles. The zero-order chi connectivity index (χ0) is 29.3. The molecule has 43 heavy (non-hydrogen) atoms. The highest BCUT2D eigenvalue weighted by Gasteiger charge is 2.54. The largest absolute Gasteiger partial charge is 0.478 e. The van der Waals surface area contributed by atoms with Crippen LogP contribution < -0.4 is 4.90 Å². The smallest absolute Gasteiger partial charge is 0.337 e. The first-order chi connectivity index (χ1) is 20.9. The minimum atomic E-state index is -0.918. The highest BCUT2D eigenvalue weighted by Crippen LogP contribution is 2.54. The Balaban J connectivity index is 1.22. The summed E-state index contributed by atoms with van der Waals surface area (Å²) in [6.07, 6.45) is 8.43. The first kappa shape index (κ1) is 27.8. The number of rotatable bonds is 8. The van der Waals surface area contributed by atoms with Gasteiger partial charge in [-0.05, 0) is 75.0 Å². The summed E-state index contributed by atoms with van der Waals surface area (Å²) in [4.78, 5) is 19.9. The number of carboxylic acids is 1. The summed E-state index contributed by atoms with van der Waals surface area (Å²) in [5.41, 5.74) is 6.88. The number of ether oxygens (including phenoxy) is 2. The number of aromatic carboxylic acids is 1. The molecule has 2 aromatic carbocycles. The van der Waals surface area contributed by atoms with Gasteiger partial charge < -0.3 is 19.5 Å². The first-order valence-electron chi connectivity index (χ1n) is 15.1. The van der Waals surface area contributed by atoms with Crippen LogP contribution in [0.4, 0.5) is 5.69 Å². The summed E-state index contributed by atoms with van der Waals surface area (Å²) in [6.45, 7) is 2.41. The number of piperidine rings is 1. The summed E-state index contributed by atoms with van der Waals surface area (Å²) in [7, 11) is 0. The van der Waals surface area contributed by atoms with Crippen molar-refractivity contribution in [3.8, 4) is 11.1 Å². The molecule has 2 aliphatic carbocycles. The number of fused-ring (bicyclic) bond motifs is 3. The lowest BCUT2D eigenvalue weighted by Crippen LogP contribution is -2.48.